The van der Waals surface area contributed by atoms with Crippen LogP contribution >= 0.6 is 0 Å². The highest BCUT2D eigenvalue weighted by molar-refractivity contribution is 7.91. The molecule has 0 spiro atoms. The van der Waals surface area contributed by atoms with Crippen LogP contribution in [0.25, 0.3) is 10.9 Å². The molecular formula is C24H27FN2O3S. The quantitative estimate of drug-likeness (QED) is 0.599. The Hall–Kier alpha value is -2.67. The molecule has 164 valence electrons. The van der Waals surface area contributed by atoms with Gasteiger partial charge in [-0.1, -0.05) is 19.1 Å². The lowest BCUT2D eigenvalue weighted by Gasteiger charge is -2.35. The second-order valence-corrected chi connectivity index (χ2v) is 10.2. The van der Waals surface area contributed by atoms with Crippen LogP contribution in [-0.2, 0) is 23.3 Å². The number of fused-ring (bicyclic) bond motifs is 1. The zero-order valence-electron chi connectivity index (χ0n) is 18.1. The Morgan fingerprint density at radius 1 is 1.13 bits per heavy atom. The molecule has 7 heteroatoms. The zero-order chi connectivity index (χ0) is 22.3. The van der Waals surface area contributed by atoms with E-state index in [0.29, 0.717) is 11.2 Å². The maximum absolute atomic E-state index is 15.1. The summed E-state index contributed by atoms with van der Waals surface area (Å²) in [6.07, 6.45) is 5.23. The van der Waals surface area contributed by atoms with Gasteiger partial charge in [-0.3, -0.25) is 4.79 Å². The van der Waals surface area contributed by atoms with Gasteiger partial charge in [-0.15, -0.1) is 0 Å². The summed E-state index contributed by atoms with van der Waals surface area (Å²) < 4.78 is 43.0. The van der Waals surface area contributed by atoms with Crippen molar-refractivity contribution < 1.29 is 12.8 Å². The van der Waals surface area contributed by atoms with Gasteiger partial charge in [0.15, 0.2) is 0 Å². The number of anilines is 1. The van der Waals surface area contributed by atoms with Crippen LogP contribution in [0.3, 0.4) is 0 Å². The maximum atomic E-state index is 15.1. The van der Waals surface area contributed by atoms with Crippen molar-refractivity contribution in [3.05, 3.63) is 64.2 Å². The first-order chi connectivity index (χ1) is 14.7. The van der Waals surface area contributed by atoms with Crippen molar-refractivity contribution in [3.8, 4) is 0 Å². The SMILES string of the molecule is CCc1ccc(S(=O)(=O)c2cn(C)c3cc(N4CCCCC4C)c(F)cc3c2=O)cc1. The molecule has 0 amide bonds. The first-order valence-electron chi connectivity index (χ1n) is 10.7. The molecule has 0 aliphatic carbocycles. The fourth-order valence-electron chi connectivity index (χ4n) is 4.36. The van der Waals surface area contributed by atoms with E-state index in [1.807, 2.05) is 11.8 Å². The molecule has 3 aromatic rings. The highest BCUT2D eigenvalue weighted by atomic mass is 32.2. The molecule has 1 aliphatic rings. The van der Waals surface area contributed by atoms with Crippen LogP contribution in [0, 0.1) is 5.82 Å². The number of aromatic nitrogens is 1. The lowest BCUT2D eigenvalue weighted by molar-refractivity contribution is 0.476. The number of hydrogen-bond donors (Lipinski definition) is 0. The molecule has 0 saturated carbocycles. The average Bonchev–Trinajstić information content (AvgIpc) is 2.76. The van der Waals surface area contributed by atoms with Crippen molar-refractivity contribution in [2.24, 2.45) is 7.05 Å². The van der Waals surface area contributed by atoms with Gasteiger partial charge >= 0.3 is 0 Å². The number of halogens is 1. The predicted molar refractivity (Wildman–Crippen MR) is 121 cm³/mol. The molecule has 4 rings (SSSR count). The molecule has 1 saturated heterocycles. The maximum Gasteiger partial charge on any atom is 0.211 e. The summed E-state index contributed by atoms with van der Waals surface area (Å²) in [6, 6.07) is 9.57. The molecule has 2 heterocycles. The zero-order valence-corrected chi connectivity index (χ0v) is 18.9. The largest absolute Gasteiger partial charge is 0.366 e. The highest BCUT2D eigenvalue weighted by Gasteiger charge is 2.26. The molecule has 1 unspecified atom stereocenters. The van der Waals surface area contributed by atoms with Crippen molar-refractivity contribution in [1.29, 1.82) is 0 Å². The Morgan fingerprint density at radius 2 is 1.84 bits per heavy atom. The van der Waals surface area contributed by atoms with Crippen molar-refractivity contribution >= 4 is 26.4 Å². The van der Waals surface area contributed by atoms with Crippen LogP contribution in [-0.4, -0.2) is 25.6 Å². The standard InChI is InChI=1S/C24H27FN2O3S/c1-4-17-8-10-18(11-9-17)31(29,30)23-15-26(3)21-14-22(20(25)13-19(21)24(23)28)27-12-6-5-7-16(27)2/h8-11,13-16H,4-7,12H2,1-3H3. The molecular weight excluding hydrogens is 415 g/mol. The number of rotatable bonds is 4. The molecule has 31 heavy (non-hydrogen) atoms. The molecule has 1 atom stereocenters. The first-order valence-corrected chi connectivity index (χ1v) is 12.2. The Balaban J connectivity index is 1.87. The van der Waals surface area contributed by atoms with Crippen LogP contribution in [0.15, 0.2) is 57.2 Å². The molecule has 1 fully saturated rings. The van der Waals surface area contributed by atoms with Crippen LogP contribution in [0.4, 0.5) is 10.1 Å². The third kappa shape index (κ3) is 3.76. The van der Waals surface area contributed by atoms with Gasteiger partial charge in [0.1, 0.15) is 10.7 Å². The minimum Gasteiger partial charge on any atom is -0.366 e. The number of sulfone groups is 1. The smallest absolute Gasteiger partial charge is 0.211 e. The monoisotopic (exact) mass is 442 g/mol. The summed E-state index contributed by atoms with van der Waals surface area (Å²) >= 11 is 0. The summed E-state index contributed by atoms with van der Waals surface area (Å²) in [5.74, 6) is -0.500. The number of aryl methyl sites for hydroxylation is 2. The molecule has 1 aliphatic heterocycles. The number of hydrogen-bond acceptors (Lipinski definition) is 4. The number of pyridine rings is 1. The van der Waals surface area contributed by atoms with E-state index in [0.717, 1.165) is 37.8 Å². The van der Waals surface area contributed by atoms with Gasteiger partial charge in [-0.25, -0.2) is 12.8 Å². The summed E-state index contributed by atoms with van der Waals surface area (Å²) in [4.78, 5) is 14.9. The van der Waals surface area contributed by atoms with Gasteiger partial charge in [0, 0.05) is 25.8 Å². The van der Waals surface area contributed by atoms with E-state index in [-0.39, 0.29) is 21.2 Å². The van der Waals surface area contributed by atoms with Crippen LogP contribution in [0.5, 0.6) is 0 Å². The van der Waals surface area contributed by atoms with Crippen molar-refractivity contribution in [2.45, 2.75) is 55.4 Å². The lowest BCUT2D eigenvalue weighted by atomic mass is 10.0. The summed E-state index contributed by atoms with van der Waals surface area (Å²) in [7, 11) is -2.34. The Morgan fingerprint density at radius 3 is 2.48 bits per heavy atom. The summed E-state index contributed by atoms with van der Waals surface area (Å²) in [5.41, 5.74) is 1.30. The summed E-state index contributed by atoms with van der Waals surface area (Å²) in [5, 5.41) is 0.0691. The van der Waals surface area contributed by atoms with E-state index >= 15 is 4.39 Å². The van der Waals surface area contributed by atoms with Crippen LogP contribution < -0.4 is 10.3 Å². The van der Waals surface area contributed by atoms with E-state index in [9.17, 15) is 13.2 Å². The molecule has 5 nitrogen and oxygen atoms in total. The second kappa shape index (κ2) is 8.11. The minimum atomic E-state index is -4.03. The summed E-state index contributed by atoms with van der Waals surface area (Å²) in [6.45, 7) is 4.81. The van der Waals surface area contributed by atoms with Crippen molar-refractivity contribution in [1.82, 2.24) is 4.57 Å². The molecule has 0 radical (unpaired) electrons. The Labute approximate surface area is 182 Å². The number of nitrogens with zero attached hydrogens (tertiary/aromatic N) is 2. The Bertz CT molecular complexity index is 1300. The van der Waals surface area contributed by atoms with Gasteiger partial charge < -0.3 is 9.47 Å². The van der Waals surface area contributed by atoms with E-state index in [1.54, 1.807) is 29.8 Å². The highest BCUT2D eigenvalue weighted by Crippen LogP contribution is 2.31. The normalized spacial score (nSPS) is 17.3. The molecule has 2 aromatic carbocycles. The molecule has 0 bridgehead atoms. The van der Waals surface area contributed by atoms with Gasteiger partial charge in [-0.05, 0) is 62.4 Å². The van der Waals surface area contributed by atoms with Gasteiger partial charge in [0.25, 0.3) is 0 Å². The van der Waals surface area contributed by atoms with E-state index in [1.165, 1.54) is 24.4 Å². The predicted octanol–water partition coefficient (Wildman–Crippen LogP) is 4.45. The topological polar surface area (TPSA) is 59.4 Å². The first kappa shape index (κ1) is 21.6. The van der Waals surface area contributed by atoms with E-state index in [2.05, 4.69) is 6.92 Å². The van der Waals surface area contributed by atoms with Gasteiger partial charge in [0.05, 0.1) is 21.5 Å². The average molecular weight is 443 g/mol. The van der Waals surface area contributed by atoms with Gasteiger partial charge in [0.2, 0.25) is 15.3 Å². The second-order valence-electron chi connectivity index (χ2n) is 8.29. The minimum absolute atomic E-state index is 0.0559. The van der Waals surface area contributed by atoms with Crippen LogP contribution in [0.1, 0.15) is 38.7 Å². The van der Waals surface area contributed by atoms with Crippen LogP contribution in [0.2, 0.25) is 0 Å². The number of benzene rings is 2. The van der Waals surface area contributed by atoms with Crippen molar-refractivity contribution in [2.75, 3.05) is 11.4 Å². The fraction of sp³-hybridized carbons (Fsp3) is 0.375. The third-order valence-electron chi connectivity index (χ3n) is 6.27. The fourth-order valence-corrected chi connectivity index (χ4v) is 5.76. The van der Waals surface area contributed by atoms with Crippen molar-refractivity contribution in [3.63, 3.8) is 0 Å². The van der Waals surface area contributed by atoms with E-state index < -0.39 is 21.1 Å². The van der Waals surface area contributed by atoms with E-state index in [4.69, 9.17) is 0 Å². The number of piperidine rings is 1. The molecule has 0 N–H and O–H groups in total. The lowest BCUT2D eigenvalue weighted by Crippen LogP contribution is -2.38. The van der Waals surface area contributed by atoms with Gasteiger partial charge in [-0.2, -0.15) is 0 Å². The Kier molecular flexibility index (Phi) is 5.64. The molecule has 1 aromatic heterocycles. The third-order valence-corrected chi connectivity index (χ3v) is 8.03.